The zero-order valence-corrected chi connectivity index (χ0v) is 11.7. The second-order valence-corrected chi connectivity index (χ2v) is 5.18. The quantitative estimate of drug-likeness (QED) is 0.888. The Morgan fingerprint density at radius 3 is 2.78 bits per heavy atom. The molecule has 1 aromatic rings. The lowest BCUT2D eigenvalue weighted by Crippen LogP contribution is -2.39. The van der Waals surface area contributed by atoms with E-state index in [4.69, 9.17) is 4.74 Å². The van der Waals surface area contributed by atoms with Crippen molar-refractivity contribution in [3.63, 3.8) is 0 Å². The lowest BCUT2D eigenvalue weighted by atomic mass is 10.0. The molecular formula is C13H22N4O. The maximum absolute atomic E-state index is 5.51. The van der Waals surface area contributed by atoms with Gasteiger partial charge in [-0.3, -0.25) is 0 Å². The Labute approximate surface area is 109 Å². The van der Waals surface area contributed by atoms with Gasteiger partial charge in [-0.05, 0) is 33.6 Å². The number of nitrogens with one attached hydrogen (secondary N) is 1. The van der Waals surface area contributed by atoms with Gasteiger partial charge in [0, 0.05) is 18.6 Å². The molecule has 0 spiro atoms. The highest BCUT2D eigenvalue weighted by atomic mass is 16.5. The van der Waals surface area contributed by atoms with Crippen LogP contribution in [-0.4, -0.2) is 35.7 Å². The van der Waals surface area contributed by atoms with Crippen LogP contribution in [0, 0.1) is 0 Å². The number of hydrogen-bond acceptors (Lipinski definition) is 5. The Kier molecular flexibility index (Phi) is 3.59. The molecule has 0 saturated carbocycles. The van der Waals surface area contributed by atoms with Crippen molar-refractivity contribution in [2.45, 2.75) is 39.2 Å². The van der Waals surface area contributed by atoms with Gasteiger partial charge >= 0.3 is 0 Å². The molecule has 1 aliphatic rings. The molecule has 0 unspecified atom stereocenters. The van der Waals surface area contributed by atoms with Gasteiger partial charge in [-0.2, -0.15) is 0 Å². The molecule has 1 aliphatic heterocycles. The number of rotatable bonds is 4. The van der Waals surface area contributed by atoms with Crippen LogP contribution in [0.4, 0.5) is 11.6 Å². The van der Waals surface area contributed by atoms with Crippen molar-refractivity contribution in [3.05, 3.63) is 6.33 Å². The van der Waals surface area contributed by atoms with Crippen LogP contribution >= 0.6 is 0 Å². The van der Waals surface area contributed by atoms with Crippen molar-refractivity contribution in [2.24, 2.45) is 0 Å². The molecule has 1 fully saturated rings. The third kappa shape index (κ3) is 2.21. The second-order valence-electron chi connectivity index (χ2n) is 5.18. The van der Waals surface area contributed by atoms with E-state index in [1.54, 1.807) is 13.4 Å². The molecule has 0 radical (unpaired) electrons. The number of nitrogens with zero attached hydrogens (tertiary/aromatic N) is 3. The minimum Gasteiger partial charge on any atom is -0.490 e. The summed E-state index contributed by atoms with van der Waals surface area (Å²) in [5.41, 5.74) is 0.130. The van der Waals surface area contributed by atoms with Crippen molar-refractivity contribution in [1.82, 2.24) is 9.97 Å². The molecule has 18 heavy (non-hydrogen) atoms. The number of anilines is 2. The first-order valence-electron chi connectivity index (χ1n) is 6.50. The van der Waals surface area contributed by atoms with E-state index in [1.807, 2.05) is 6.92 Å². The predicted molar refractivity (Wildman–Crippen MR) is 73.4 cm³/mol. The van der Waals surface area contributed by atoms with E-state index >= 15 is 0 Å². The SMILES string of the molecule is CCNc1ncnc(N2CCCC2(C)C)c1OC. The Balaban J connectivity index is 2.41. The summed E-state index contributed by atoms with van der Waals surface area (Å²) in [4.78, 5) is 11.0. The maximum Gasteiger partial charge on any atom is 0.204 e. The summed E-state index contributed by atoms with van der Waals surface area (Å²) in [6.45, 7) is 8.37. The van der Waals surface area contributed by atoms with Gasteiger partial charge in [-0.1, -0.05) is 0 Å². The minimum atomic E-state index is 0.130. The zero-order chi connectivity index (χ0) is 13.2. The molecule has 0 bridgehead atoms. The Hall–Kier alpha value is -1.52. The molecule has 5 heteroatoms. The van der Waals surface area contributed by atoms with Gasteiger partial charge < -0.3 is 15.0 Å². The second kappa shape index (κ2) is 5.00. The first-order valence-corrected chi connectivity index (χ1v) is 6.50. The molecule has 5 nitrogen and oxygen atoms in total. The smallest absolute Gasteiger partial charge is 0.204 e. The fourth-order valence-electron chi connectivity index (χ4n) is 2.54. The summed E-state index contributed by atoms with van der Waals surface area (Å²) >= 11 is 0. The standard InChI is InChI=1S/C13H22N4O/c1-5-14-11-10(18-4)12(16-9-15-11)17-8-6-7-13(17,2)3/h9H,5-8H2,1-4H3,(H,14,15,16). The number of ether oxygens (including phenoxy) is 1. The maximum atomic E-state index is 5.51. The van der Waals surface area contributed by atoms with Crippen molar-refractivity contribution in [3.8, 4) is 5.75 Å². The van der Waals surface area contributed by atoms with E-state index in [9.17, 15) is 0 Å². The lowest BCUT2D eigenvalue weighted by Gasteiger charge is -2.33. The first-order chi connectivity index (χ1) is 8.60. The molecule has 0 atom stereocenters. The van der Waals surface area contributed by atoms with Crippen LogP contribution in [0.3, 0.4) is 0 Å². The number of methoxy groups -OCH3 is 1. The van der Waals surface area contributed by atoms with Crippen molar-refractivity contribution in [2.75, 3.05) is 30.4 Å². The fourth-order valence-corrected chi connectivity index (χ4v) is 2.54. The molecule has 100 valence electrons. The van der Waals surface area contributed by atoms with Gasteiger partial charge in [-0.15, -0.1) is 0 Å². The van der Waals surface area contributed by atoms with E-state index < -0.39 is 0 Å². The van der Waals surface area contributed by atoms with Gasteiger partial charge in [0.15, 0.2) is 11.6 Å². The highest BCUT2D eigenvalue weighted by Crippen LogP contribution is 2.39. The zero-order valence-electron chi connectivity index (χ0n) is 11.7. The van der Waals surface area contributed by atoms with Crippen LogP contribution in [0.25, 0.3) is 0 Å². The van der Waals surface area contributed by atoms with Gasteiger partial charge in [0.25, 0.3) is 0 Å². The minimum absolute atomic E-state index is 0.130. The largest absolute Gasteiger partial charge is 0.490 e. The molecule has 1 saturated heterocycles. The van der Waals surface area contributed by atoms with Crippen LogP contribution in [0.15, 0.2) is 6.33 Å². The fraction of sp³-hybridized carbons (Fsp3) is 0.692. The van der Waals surface area contributed by atoms with E-state index in [2.05, 4.69) is 34.0 Å². The van der Waals surface area contributed by atoms with Crippen molar-refractivity contribution < 1.29 is 4.74 Å². The first kappa shape index (κ1) is 12.9. The van der Waals surface area contributed by atoms with Gasteiger partial charge in [-0.25, -0.2) is 9.97 Å². The van der Waals surface area contributed by atoms with Crippen LogP contribution in [0.2, 0.25) is 0 Å². The third-order valence-electron chi connectivity index (χ3n) is 3.49. The number of hydrogen-bond donors (Lipinski definition) is 1. The average Bonchev–Trinajstić information content (AvgIpc) is 2.69. The molecule has 2 rings (SSSR count). The Morgan fingerprint density at radius 2 is 2.22 bits per heavy atom. The normalized spacial score (nSPS) is 17.9. The highest BCUT2D eigenvalue weighted by molar-refractivity contribution is 5.66. The molecular weight excluding hydrogens is 228 g/mol. The highest BCUT2D eigenvalue weighted by Gasteiger charge is 2.35. The van der Waals surface area contributed by atoms with E-state index in [1.165, 1.54) is 12.8 Å². The van der Waals surface area contributed by atoms with Crippen molar-refractivity contribution >= 4 is 11.6 Å². The van der Waals surface area contributed by atoms with Crippen LogP contribution in [0.5, 0.6) is 5.75 Å². The van der Waals surface area contributed by atoms with E-state index in [0.717, 1.165) is 30.5 Å². The summed E-state index contributed by atoms with van der Waals surface area (Å²) in [6, 6.07) is 0. The third-order valence-corrected chi connectivity index (χ3v) is 3.49. The van der Waals surface area contributed by atoms with E-state index in [-0.39, 0.29) is 5.54 Å². The molecule has 0 aliphatic carbocycles. The lowest BCUT2D eigenvalue weighted by molar-refractivity contribution is 0.407. The Morgan fingerprint density at radius 1 is 1.44 bits per heavy atom. The van der Waals surface area contributed by atoms with E-state index in [0.29, 0.717) is 0 Å². The molecule has 0 amide bonds. The molecule has 2 heterocycles. The monoisotopic (exact) mass is 250 g/mol. The van der Waals surface area contributed by atoms with Gasteiger partial charge in [0.05, 0.1) is 7.11 Å². The average molecular weight is 250 g/mol. The van der Waals surface area contributed by atoms with Gasteiger partial charge in [0.2, 0.25) is 5.75 Å². The van der Waals surface area contributed by atoms with Crippen molar-refractivity contribution in [1.29, 1.82) is 0 Å². The predicted octanol–water partition coefficient (Wildman–Crippen LogP) is 2.30. The molecule has 1 N–H and O–H groups in total. The molecule has 0 aromatic carbocycles. The Bertz CT molecular complexity index is 419. The summed E-state index contributed by atoms with van der Waals surface area (Å²) < 4.78 is 5.51. The summed E-state index contributed by atoms with van der Waals surface area (Å²) in [5.74, 6) is 2.41. The van der Waals surface area contributed by atoms with Crippen LogP contribution in [0.1, 0.15) is 33.6 Å². The topological polar surface area (TPSA) is 50.3 Å². The van der Waals surface area contributed by atoms with Crippen LogP contribution in [-0.2, 0) is 0 Å². The number of aromatic nitrogens is 2. The summed E-state index contributed by atoms with van der Waals surface area (Å²) in [6.07, 6.45) is 3.97. The summed E-state index contributed by atoms with van der Waals surface area (Å²) in [7, 11) is 1.67. The summed E-state index contributed by atoms with van der Waals surface area (Å²) in [5, 5.41) is 3.22. The van der Waals surface area contributed by atoms with Gasteiger partial charge in [0.1, 0.15) is 6.33 Å². The van der Waals surface area contributed by atoms with Crippen LogP contribution < -0.4 is 15.0 Å². The molecule has 1 aromatic heterocycles.